The van der Waals surface area contributed by atoms with Gasteiger partial charge in [-0.15, -0.1) is 11.3 Å². The minimum Gasteiger partial charge on any atom is -0.357 e. The van der Waals surface area contributed by atoms with Crippen LogP contribution in [0.15, 0.2) is 38.2 Å². The lowest BCUT2D eigenvalue weighted by atomic mass is 10.3. The first kappa shape index (κ1) is 21.9. The van der Waals surface area contributed by atoms with Gasteiger partial charge >= 0.3 is 0 Å². The van der Waals surface area contributed by atoms with E-state index in [2.05, 4.69) is 27.1 Å². The van der Waals surface area contributed by atoms with Gasteiger partial charge in [-0.3, -0.25) is 0 Å². The maximum absolute atomic E-state index is 12.6. The third-order valence-corrected chi connectivity index (χ3v) is 8.34. The first-order valence-corrected chi connectivity index (χ1v) is 12.3. The first-order valence-electron chi connectivity index (χ1n) is 9.13. The van der Waals surface area contributed by atoms with Gasteiger partial charge < -0.3 is 10.6 Å². The average Bonchev–Trinajstić information content (AvgIpc) is 3.32. The highest BCUT2D eigenvalue weighted by molar-refractivity contribution is 7.91. The van der Waals surface area contributed by atoms with Gasteiger partial charge in [-0.1, -0.05) is 13.8 Å². The Balaban J connectivity index is 1.92. The van der Waals surface area contributed by atoms with Gasteiger partial charge in [0.15, 0.2) is 5.96 Å². The molecule has 27 heavy (non-hydrogen) atoms. The van der Waals surface area contributed by atoms with E-state index in [1.54, 1.807) is 17.4 Å². The summed E-state index contributed by atoms with van der Waals surface area (Å²) >= 11 is 3.01. The minimum absolute atomic E-state index is 0.416. The fourth-order valence-corrected chi connectivity index (χ4v) is 6.15. The van der Waals surface area contributed by atoms with Gasteiger partial charge in [-0.05, 0) is 47.9 Å². The summed E-state index contributed by atoms with van der Waals surface area (Å²) < 4.78 is 27.0. The molecule has 0 bridgehead atoms. The molecule has 2 aromatic rings. The van der Waals surface area contributed by atoms with E-state index in [1.165, 1.54) is 21.2 Å². The van der Waals surface area contributed by atoms with E-state index in [0.717, 1.165) is 23.8 Å². The number of nitrogens with zero attached hydrogens (tertiary/aromatic N) is 2. The molecule has 2 N–H and O–H groups in total. The molecule has 0 fully saturated rings. The summed E-state index contributed by atoms with van der Waals surface area (Å²) in [5.41, 5.74) is 1.20. The van der Waals surface area contributed by atoms with Crippen molar-refractivity contribution >= 4 is 38.7 Å². The second kappa shape index (κ2) is 10.8. The molecular weight excluding hydrogens is 400 g/mol. The summed E-state index contributed by atoms with van der Waals surface area (Å²) in [6.07, 6.45) is 0.751. The molecule has 0 spiro atoms. The zero-order valence-electron chi connectivity index (χ0n) is 16.1. The molecule has 9 heteroatoms. The van der Waals surface area contributed by atoms with Crippen LogP contribution in [0.4, 0.5) is 0 Å². The van der Waals surface area contributed by atoms with Crippen molar-refractivity contribution in [3.05, 3.63) is 39.4 Å². The molecule has 0 unspecified atom stereocenters. The lowest BCUT2D eigenvalue weighted by molar-refractivity contribution is 0.447. The van der Waals surface area contributed by atoms with Crippen LogP contribution in [-0.2, 0) is 23.0 Å². The van der Waals surface area contributed by atoms with Crippen LogP contribution in [0.5, 0.6) is 0 Å². The van der Waals surface area contributed by atoms with Crippen LogP contribution < -0.4 is 10.6 Å². The van der Waals surface area contributed by atoms with E-state index >= 15 is 0 Å². The smallest absolute Gasteiger partial charge is 0.252 e. The fraction of sp³-hybridized carbons (Fsp3) is 0.500. The Morgan fingerprint density at radius 3 is 2.56 bits per heavy atom. The van der Waals surface area contributed by atoms with Gasteiger partial charge in [0, 0.05) is 31.1 Å². The highest BCUT2D eigenvalue weighted by Gasteiger charge is 2.23. The van der Waals surface area contributed by atoms with E-state index in [1.807, 2.05) is 32.2 Å². The van der Waals surface area contributed by atoms with Crippen LogP contribution in [-0.4, -0.2) is 44.9 Å². The van der Waals surface area contributed by atoms with Crippen molar-refractivity contribution in [2.75, 3.05) is 26.2 Å². The largest absolute Gasteiger partial charge is 0.357 e. The molecule has 0 aromatic carbocycles. The molecule has 2 aromatic heterocycles. The molecule has 0 atom stereocenters. The first-order chi connectivity index (χ1) is 13.0. The standard InChI is InChI=1S/C18H28N4O2S3/c1-4-19-18(21-13-15-10-12-25-14-15)20-11-9-16-7-8-17(26-16)27(23,24)22(5-2)6-3/h7-8,10,12,14H,4-6,9,11,13H2,1-3H3,(H2,19,20,21). The predicted molar refractivity (Wildman–Crippen MR) is 115 cm³/mol. The van der Waals surface area contributed by atoms with Crippen molar-refractivity contribution in [1.29, 1.82) is 0 Å². The third kappa shape index (κ3) is 6.31. The van der Waals surface area contributed by atoms with Crippen molar-refractivity contribution in [1.82, 2.24) is 14.9 Å². The maximum Gasteiger partial charge on any atom is 0.252 e. The number of hydrogen-bond donors (Lipinski definition) is 2. The second-order valence-corrected chi connectivity index (χ2v) is 9.93. The van der Waals surface area contributed by atoms with Gasteiger partial charge in [0.2, 0.25) is 0 Å². The summed E-state index contributed by atoms with van der Waals surface area (Å²) in [5.74, 6) is 0.774. The summed E-state index contributed by atoms with van der Waals surface area (Å²) in [5, 5.41) is 10.7. The van der Waals surface area contributed by atoms with Crippen molar-refractivity contribution in [2.45, 2.75) is 37.9 Å². The molecule has 6 nitrogen and oxygen atoms in total. The van der Waals surface area contributed by atoms with E-state index in [9.17, 15) is 8.42 Å². The van der Waals surface area contributed by atoms with Crippen molar-refractivity contribution in [3.63, 3.8) is 0 Å². The van der Waals surface area contributed by atoms with E-state index < -0.39 is 10.0 Å². The molecule has 0 aliphatic rings. The molecule has 0 amide bonds. The number of thiophene rings is 2. The highest BCUT2D eigenvalue weighted by Crippen LogP contribution is 2.25. The number of rotatable bonds is 10. The van der Waals surface area contributed by atoms with Crippen LogP contribution in [0.25, 0.3) is 0 Å². The normalized spacial score (nSPS) is 12.5. The van der Waals surface area contributed by atoms with Gasteiger partial charge in [-0.25, -0.2) is 13.4 Å². The van der Waals surface area contributed by atoms with Crippen molar-refractivity contribution in [3.8, 4) is 0 Å². The van der Waals surface area contributed by atoms with E-state index in [4.69, 9.17) is 0 Å². The molecular formula is C18H28N4O2S3. The third-order valence-electron chi connectivity index (χ3n) is 3.94. The lowest BCUT2D eigenvalue weighted by Crippen LogP contribution is -2.38. The van der Waals surface area contributed by atoms with Crippen LogP contribution in [0.1, 0.15) is 31.2 Å². The Kier molecular flexibility index (Phi) is 8.75. The van der Waals surface area contributed by atoms with Gasteiger partial charge in [-0.2, -0.15) is 15.6 Å². The maximum atomic E-state index is 12.6. The predicted octanol–water partition coefficient (Wildman–Crippen LogP) is 3.14. The molecule has 150 valence electrons. The Morgan fingerprint density at radius 2 is 1.93 bits per heavy atom. The van der Waals surface area contributed by atoms with Crippen molar-refractivity contribution < 1.29 is 8.42 Å². The molecule has 0 saturated carbocycles. The van der Waals surface area contributed by atoms with Crippen LogP contribution in [0, 0.1) is 0 Å². The van der Waals surface area contributed by atoms with Gasteiger partial charge in [0.1, 0.15) is 4.21 Å². The van der Waals surface area contributed by atoms with E-state index in [0.29, 0.717) is 30.4 Å². The fourth-order valence-electron chi connectivity index (χ4n) is 2.52. The summed E-state index contributed by atoms with van der Waals surface area (Å²) in [7, 11) is -3.37. The average molecular weight is 429 g/mol. The molecule has 2 rings (SSSR count). The molecule has 0 aliphatic carbocycles. The second-order valence-electron chi connectivity index (χ2n) is 5.81. The Hall–Kier alpha value is -1.42. The Labute approximate surface area is 170 Å². The van der Waals surface area contributed by atoms with Crippen LogP contribution >= 0.6 is 22.7 Å². The van der Waals surface area contributed by atoms with Crippen molar-refractivity contribution in [2.24, 2.45) is 4.99 Å². The topological polar surface area (TPSA) is 73.8 Å². The monoisotopic (exact) mass is 428 g/mol. The molecule has 2 heterocycles. The zero-order chi connectivity index (χ0) is 19.7. The van der Waals surface area contributed by atoms with E-state index in [-0.39, 0.29) is 0 Å². The SMILES string of the molecule is CCNC(=NCc1ccsc1)NCCc1ccc(S(=O)(=O)N(CC)CC)s1. The number of aliphatic imine (C=N–C) groups is 1. The number of hydrogen-bond acceptors (Lipinski definition) is 5. The van der Waals surface area contributed by atoms with Gasteiger partial charge in [0.05, 0.1) is 6.54 Å². The Morgan fingerprint density at radius 1 is 1.15 bits per heavy atom. The lowest BCUT2D eigenvalue weighted by Gasteiger charge is -2.16. The number of sulfonamides is 1. The minimum atomic E-state index is -3.37. The Bertz CT molecular complexity index is 810. The molecule has 0 radical (unpaired) electrons. The zero-order valence-corrected chi connectivity index (χ0v) is 18.5. The quantitative estimate of drug-likeness (QED) is 0.450. The highest BCUT2D eigenvalue weighted by atomic mass is 32.2. The number of nitrogens with one attached hydrogen (secondary N) is 2. The van der Waals surface area contributed by atoms with Crippen LogP contribution in [0.2, 0.25) is 0 Å². The summed E-state index contributed by atoms with van der Waals surface area (Å²) in [6, 6.07) is 5.68. The molecule has 0 aliphatic heterocycles. The van der Waals surface area contributed by atoms with Gasteiger partial charge in [0.25, 0.3) is 10.0 Å². The van der Waals surface area contributed by atoms with Crippen LogP contribution in [0.3, 0.4) is 0 Å². The number of guanidine groups is 1. The molecule has 0 saturated heterocycles. The summed E-state index contributed by atoms with van der Waals surface area (Å²) in [6.45, 7) is 8.85. The summed E-state index contributed by atoms with van der Waals surface area (Å²) in [4.78, 5) is 5.62.